The molecular formula is C41H47NO6. The Labute approximate surface area is 284 Å². The van der Waals surface area contributed by atoms with Crippen molar-refractivity contribution in [2.45, 2.75) is 85.0 Å². The van der Waals surface area contributed by atoms with E-state index in [1.54, 1.807) is 54.7 Å². The normalized spacial score (nSPS) is 11.1. The summed E-state index contributed by atoms with van der Waals surface area (Å²) in [4.78, 5) is 43.4. The third kappa shape index (κ3) is 10.6. The van der Waals surface area contributed by atoms with E-state index in [0.29, 0.717) is 58.8 Å². The van der Waals surface area contributed by atoms with Crippen molar-refractivity contribution in [1.29, 1.82) is 0 Å². The van der Waals surface area contributed by atoms with Crippen LogP contribution in [0.1, 0.15) is 101 Å². The fourth-order valence-corrected chi connectivity index (χ4v) is 5.35. The smallest absolute Gasteiger partial charge is 0.311 e. The van der Waals surface area contributed by atoms with Gasteiger partial charge in [0.15, 0.2) is 5.78 Å². The van der Waals surface area contributed by atoms with Gasteiger partial charge >= 0.3 is 11.9 Å². The Balaban J connectivity index is 1.62. The zero-order chi connectivity index (χ0) is 34.1. The van der Waals surface area contributed by atoms with E-state index in [4.69, 9.17) is 14.2 Å². The molecule has 252 valence electrons. The summed E-state index contributed by atoms with van der Waals surface area (Å²) in [6.07, 6.45) is 10.5. The summed E-state index contributed by atoms with van der Waals surface area (Å²) >= 11 is 0. The van der Waals surface area contributed by atoms with Crippen molar-refractivity contribution in [2.24, 2.45) is 4.99 Å². The summed E-state index contributed by atoms with van der Waals surface area (Å²) < 4.78 is 17.0. The average molecular weight is 650 g/mol. The van der Waals surface area contributed by atoms with Gasteiger partial charge in [0.2, 0.25) is 0 Å². The molecular weight excluding hydrogens is 602 g/mol. The molecule has 0 aliphatic carbocycles. The van der Waals surface area contributed by atoms with Crippen LogP contribution < -0.4 is 14.2 Å². The van der Waals surface area contributed by atoms with Crippen molar-refractivity contribution in [3.8, 4) is 28.4 Å². The lowest BCUT2D eigenvalue weighted by molar-refractivity contribution is -0.135. The van der Waals surface area contributed by atoms with Gasteiger partial charge in [-0.25, -0.2) is 0 Å². The minimum atomic E-state index is -0.287. The predicted octanol–water partition coefficient (Wildman–Crippen LogP) is 9.96. The molecule has 0 spiro atoms. The molecule has 4 aromatic rings. The summed E-state index contributed by atoms with van der Waals surface area (Å²) in [5, 5.41) is 1.48. The van der Waals surface area contributed by atoms with Gasteiger partial charge in [0, 0.05) is 36.7 Å². The van der Waals surface area contributed by atoms with E-state index >= 15 is 0 Å². The highest BCUT2D eigenvalue weighted by atomic mass is 16.5. The fourth-order valence-electron chi connectivity index (χ4n) is 5.35. The molecule has 7 nitrogen and oxygen atoms in total. The molecule has 7 heteroatoms. The van der Waals surface area contributed by atoms with E-state index < -0.39 is 0 Å². The number of esters is 2. The minimum absolute atomic E-state index is 0.172. The van der Waals surface area contributed by atoms with E-state index in [2.05, 4.69) is 11.9 Å². The molecule has 0 aliphatic rings. The molecule has 0 unspecified atom stereocenters. The number of fused-ring (bicyclic) bond motifs is 1. The fraction of sp³-hybridized carbons (Fsp3) is 0.366. The van der Waals surface area contributed by atoms with Gasteiger partial charge in [-0.1, -0.05) is 77.1 Å². The van der Waals surface area contributed by atoms with Crippen LogP contribution in [0.25, 0.3) is 21.9 Å². The number of carbonyl (C=O) groups excluding carboxylic acids is 3. The maximum absolute atomic E-state index is 14.3. The number of hydrogen-bond acceptors (Lipinski definition) is 7. The first-order chi connectivity index (χ1) is 23.4. The van der Waals surface area contributed by atoms with Crippen LogP contribution >= 0.6 is 0 Å². The van der Waals surface area contributed by atoms with E-state index in [0.717, 1.165) is 49.6 Å². The highest BCUT2D eigenvalue weighted by molar-refractivity contribution is 6.20. The molecule has 0 aliphatic heterocycles. The average Bonchev–Trinajstić information content (AvgIpc) is 3.10. The minimum Gasteiger partial charge on any atom is -0.488 e. The molecule has 0 bridgehead atoms. The molecule has 0 fully saturated rings. The van der Waals surface area contributed by atoms with Crippen molar-refractivity contribution >= 4 is 34.7 Å². The Morgan fingerprint density at radius 2 is 1.33 bits per heavy atom. The Kier molecular flexibility index (Phi) is 14.4. The molecule has 0 N–H and O–H groups in total. The van der Waals surface area contributed by atoms with Gasteiger partial charge in [0.05, 0.1) is 0 Å². The quantitative estimate of drug-likeness (QED) is 0.0330. The van der Waals surface area contributed by atoms with Crippen molar-refractivity contribution in [3.63, 3.8) is 0 Å². The summed E-state index contributed by atoms with van der Waals surface area (Å²) in [7, 11) is 0. The second-order valence-corrected chi connectivity index (χ2v) is 11.9. The number of rotatable bonds is 19. The van der Waals surface area contributed by atoms with Gasteiger partial charge in [0.25, 0.3) is 0 Å². The van der Waals surface area contributed by atoms with Gasteiger partial charge in [-0.15, -0.1) is 0 Å². The molecule has 0 amide bonds. The van der Waals surface area contributed by atoms with Crippen LogP contribution in [0.15, 0.2) is 83.9 Å². The van der Waals surface area contributed by atoms with Gasteiger partial charge in [0.1, 0.15) is 23.9 Å². The molecule has 0 heterocycles. The Morgan fingerprint density at radius 1 is 0.667 bits per heavy atom. The number of ether oxygens (including phenoxy) is 3. The third-order valence-electron chi connectivity index (χ3n) is 8.01. The highest BCUT2D eigenvalue weighted by Gasteiger charge is 2.20. The van der Waals surface area contributed by atoms with Crippen molar-refractivity contribution in [3.05, 3.63) is 90.0 Å². The molecule has 4 rings (SSSR count). The van der Waals surface area contributed by atoms with Crippen LogP contribution in [-0.4, -0.2) is 37.1 Å². The van der Waals surface area contributed by atoms with Crippen molar-refractivity contribution in [1.82, 2.24) is 0 Å². The Hall–Kier alpha value is -4.78. The van der Waals surface area contributed by atoms with E-state index in [9.17, 15) is 14.4 Å². The van der Waals surface area contributed by atoms with Crippen LogP contribution in [0.4, 0.5) is 0 Å². The van der Waals surface area contributed by atoms with Gasteiger partial charge in [-0.05, 0) is 95.8 Å². The van der Waals surface area contributed by atoms with E-state index in [1.165, 1.54) is 19.3 Å². The SMILES string of the molecule is CCCCCCN=CCOc1ccc(C(=O)c2c(-c3cccc(OC(=O)CCCC)c3)ccc3cc(OC(=O)CCCC)ccc23)cc1. The Bertz CT molecular complexity index is 1690. The number of ketones is 1. The maximum Gasteiger partial charge on any atom is 0.311 e. The third-order valence-corrected chi connectivity index (χ3v) is 8.01. The molecule has 48 heavy (non-hydrogen) atoms. The summed E-state index contributed by atoms with van der Waals surface area (Å²) in [6.45, 7) is 7.41. The number of benzene rings is 4. The largest absolute Gasteiger partial charge is 0.488 e. The van der Waals surface area contributed by atoms with Crippen molar-refractivity contribution in [2.75, 3.05) is 13.2 Å². The highest BCUT2D eigenvalue weighted by Crippen LogP contribution is 2.35. The zero-order valence-electron chi connectivity index (χ0n) is 28.5. The zero-order valence-corrected chi connectivity index (χ0v) is 28.5. The number of aliphatic imine (C=N–C) groups is 1. The lowest BCUT2D eigenvalue weighted by Crippen LogP contribution is -2.08. The van der Waals surface area contributed by atoms with Crippen LogP contribution in [0.2, 0.25) is 0 Å². The topological polar surface area (TPSA) is 91.3 Å². The number of hydrogen-bond donors (Lipinski definition) is 0. The number of nitrogens with zero attached hydrogens (tertiary/aromatic N) is 1. The molecule has 0 radical (unpaired) electrons. The summed E-state index contributed by atoms with van der Waals surface area (Å²) in [6, 6.07) is 23.5. The van der Waals surface area contributed by atoms with Gasteiger partial charge < -0.3 is 14.2 Å². The standard InChI is InChI=1S/C41H47NO6/c1-4-7-10-11-25-42-26-27-46-33-20-17-30(18-21-33)41(45)40-36(31-13-12-14-34(28-31)47-38(43)15-8-5-2)23-19-32-29-35(22-24-37(32)40)48-39(44)16-9-6-3/h12-14,17-24,26,28-29H,4-11,15-16,25,27H2,1-3H3. The molecule has 0 aromatic heterocycles. The second kappa shape index (κ2) is 19.1. The van der Waals surface area contributed by atoms with E-state index in [-0.39, 0.29) is 17.7 Å². The van der Waals surface area contributed by atoms with Crippen LogP contribution in [-0.2, 0) is 9.59 Å². The number of unbranched alkanes of at least 4 members (excludes halogenated alkanes) is 5. The molecule has 0 atom stereocenters. The second-order valence-electron chi connectivity index (χ2n) is 11.9. The maximum atomic E-state index is 14.3. The summed E-state index contributed by atoms with van der Waals surface area (Å²) in [5.41, 5.74) is 2.43. The van der Waals surface area contributed by atoms with E-state index in [1.807, 2.05) is 44.2 Å². The Morgan fingerprint density at radius 3 is 2.02 bits per heavy atom. The van der Waals surface area contributed by atoms with Crippen LogP contribution in [0, 0.1) is 0 Å². The molecule has 0 saturated carbocycles. The van der Waals surface area contributed by atoms with Crippen LogP contribution in [0.3, 0.4) is 0 Å². The lowest BCUT2D eigenvalue weighted by atomic mass is 9.89. The lowest BCUT2D eigenvalue weighted by Gasteiger charge is -2.15. The van der Waals surface area contributed by atoms with Crippen molar-refractivity contribution < 1.29 is 28.6 Å². The number of carbonyl (C=O) groups is 3. The monoisotopic (exact) mass is 649 g/mol. The predicted molar refractivity (Wildman–Crippen MR) is 193 cm³/mol. The first-order valence-corrected chi connectivity index (χ1v) is 17.3. The first-order valence-electron chi connectivity index (χ1n) is 17.3. The van der Waals surface area contributed by atoms with Crippen LogP contribution in [0.5, 0.6) is 17.2 Å². The van der Waals surface area contributed by atoms with Gasteiger partial charge in [-0.2, -0.15) is 0 Å². The first kappa shape index (κ1) is 36.1. The molecule has 0 saturated heterocycles. The molecule has 4 aromatic carbocycles. The summed E-state index contributed by atoms with van der Waals surface area (Å²) in [5.74, 6) is 0.762. The van der Waals surface area contributed by atoms with Gasteiger partial charge in [-0.3, -0.25) is 19.4 Å².